The molecule has 0 saturated carbocycles. The van der Waals surface area contributed by atoms with Gasteiger partial charge in [-0.3, -0.25) is 0 Å². The van der Waals surface area contributed by atoms with Crippen LogP contribution in [0.2, 0.25) is 5.02 Å². The van der Waals surface area contributed by atoms with Gasteiger partial charge in [-0.1, -0.05) is 11.6 Å². The van der Waals surface area contributed by atoms with Crippen LogP contribution in [0, 0.1) is 12.7 Å². The van der Waals surface area contributed by atoms with Gasteiger partial charge in [-0.15, -0.1) is 0 Å². The van der Waals surface area contributed by atoms with Gasteiger partial charge in [-0.2, -0.15) is 0 Å². The van der Waals surface area contributed by atoms with Gasteiger partial charge in [0.05, 0.1) is 6.61 Å². The minimum Gasteiger partial charge on any atom is -0.491 e. The fraction of sp³-hybridized carbons (Fsp3) is 0.333. The molecule has 0 bridgehead atoms. The first-order valence-electron chi connectivity index (χ1n) is 3.73. The molecule has 0 amide bonds. The minimum absolute atomic E-state index is 0.293. The van der Waals surface area contributed by atoms with Crippen LogP contribution in [0.15, 0.2) is 12.1 Å². The average molecular weight is 189 g/mol. The topological polar surface area (TPSA) is 9.23 Å². The van der Waals surface area contributed by atoms with E-state index in [-0.39, 0.29) is 0 Å². The predicted molar refractivity (Wildman–Crippen MR) is 47.3 cm³/mol. The van der Waals surface area contributed by atoms with Crippen LogP contribution >= 0.6 is 11.6 Å². The summed E-state index contributed by atoms with van der Waals surface area (Å²) in [4.78, 5) is 0. The largest absolute Gasteiger partial charge is 0.491 e. The predicted octanol–water partition coefficient (Wildman–Crippen LogP) is 3.19. The molecule has 0 radical (unpaired) electrons. The van der Waals surface area contributed by atoms with Gasteiger partial charge in [0.1, 0.15) is 0 Å². The van der Waals surface area contributed by atoms with Crippen molar-refractivity contribution in [3.8, 4) is 5.75 Å². The Kier molecular flexibility index (Phi) is 2.93. The van der Waals surface area contributed by atoms with E-state index < -0.39 is 5.82 Å². The Morgan fingerprint density at radius 3 is 2.67 bits per heavy atom. The van der Waals surface area contributed by atoms with E-state index in [2.05, 4.69) is 0 Å². The van der Waals surface area contributed by atoms with Gasteiger partial charge in [-0.25, -0.2) is 4.39 Å². The number of benzene rings is 1. The van der Waals surface area contributed by atoms with Crippen LogP contribution in [-0.2, 0) is 0 Å². The molecule has 0 aliphatic carbocycles. The monoisotopic (exact) mass is 188 g/mol. The number of hydrogen-bond acceptors (Lipinski definition) is 1. The van der Waals surface area contributed by atoms with Crippen molar-refractivity contribution in [1.82, 2.24) is 0 Å². The molecule has 0 aliphatic heterocycles. The van der Waals surface area contributed by atoms with Crippen molar-refractivity contribution in [2.24, 2.45) is 0 Å². The molecule has 1 aromatic rings. The van der Waals surface area contributed by atoms with Gasteiger partial charge < -0.3 is 4.74 Å². The van der Waals surface area contributed by atoms with Crippen molar-refractivity contribution in [2.45, 2.75) is 13.8 Å². The Morgan fingerprint density at radius 2 is 2.17 bits per heavy atom. The van der Waals surface area contributed by atoms with Crippen LogP contribution in [0.1, 0.15) is 12.5 Å². The maximum Gasteiger partial charge on any atom is 0.166 e. The van der Waals surface area contributed by atoms with Crippen molar-refractivity contribution in [3.05, 3.63) is 28.5 Å². The van der Waals surface area contributed by atoms with Crippen molar-refractivity contribution in [2.75, 3.05) is 6.61 Å². The Balaban J connectivity index is 3.10. The van der Waals surface area contributed by atoms with E-state index in [0.29, 0.717) is 17.4 Å². The highest BCUT2D eigenvalue weighted by Gasteiger charge is 2.07. The van der Waals surface area contributed by atoms with E-state index >= 15 is 0 Å². The quantitative estimate of drug-likeness (QED) is 0.693. The summed E-state index contributed by atoms with van der Waals surface area (Å²) in [5, 5.41) is 0.397. The molecule has 0 fully saturated rings. The van der Waals surface area contributed by atoms with Crippen LogP contribution in [-0.4, -0.2) is 6.61 Å². The van der Waals surface area contributed by atoms with Gasteiger partial charge >= 0.3 is 0 Å². The highest BCUT2D eigenvalue weighted by molar-refractivity contribution is 6.30. The lowest BCUT2D eigenvalue weighted by atomic mass is 10.2. The molecule has 0 spiro atoms. The minimum atomic E-state index is -0.401. The van der Waals surface area contributed by atoms with E-state index in [4.69, 9.17) is 16.3 Å². The zero-order chi connectivity index (χ0) is 9.14. The second-order valence-corrected chi connectivity index (χ2v) is 2.90. The van der Waals surface area contributed by atoms with Crippen LogP contribution in [0.25, 0.3) is 0 Å². The maximum atomic E-state index is 13.1. The Bertz CT molecular complexity index is 263. The number of aryl methyl sites for hydroxylation is 1. The smallest absolute Gasteiger partial charge is 0.166 e. The molecule has 1 aromatic carbocycles. The van der Waals surface area contributed by atoms with Crippen LogP contribution in [0.3, 0.4) is 0 Å². The summed E-state index contributed by atoms with van der Waals surface area (Å²) in [5.74, 6) is -0.108. The molecule has 0 heterocycles. The molecule has 0 aromatic heterocycles. The molecule has 0 unspecified atom stereocenters. The van der Waals surface area contributed by atoms with Crippen LogP contribution < -0.4 is 4.74 Å². The number of hydrogen-bond donors (Lipinski definition) is 0. The number of halogens is 2. The molecule has 3 heteroatoms. The SMILES string of the molecule is CCOc1c(C)cc(Cl)cc1F. The highest BCUT2D eigenvalue weighted by atomic mass is 35.5. The second-order valence-electron chi connectivity index (χ2n) is 2.47. The standard InChI is InChI=1S/C9H10ClFO/c1-3-12-9-6(2)4-7(10)5-8(9)11/h4-5H,3H2,1-2H3. The third-order valence-electron chi connectivity index (χ3n) is 1.48. The van der Waals surface area contributed by atoms with E-state index in [0.717, 1.165) is 5.56 Å². The van der Waals surface area contributed by atoms with Gasteiger partial charge in [-0.05, 0) is 31.5 Å². The van der Waals surface area contributed by atoms with E-state index in [9.17, 15) is 4.39 Å². The van der Waals surface area contributed by atoms with Crippen molar-refractivity contribution >= 4 is 11.6 Å². The molecular weight excluding hydrogens is 179 g/mol. The third-order valence-corrected chi connectivity index (χ3v) is 1.70. The van der Waals surface area contributed by atoms with Gasteiger partial charge in [0.2, 0.25) is 0 Å². The fourth-order valence-electron chi connectivity index (χ4n) is 1.02. The van der Waals surface area contributed by atoms with Gasteiger partial charge in [0.25, 0.3) is 0 Å². The molecule has 0 atom stereocenters. The maximum absolute atomic E-state index is 13.1. The summed E-state index contributed by atoms with van der Waals surface area (Å²) in [7, 11) is 0. The Hall–Kier alpha value is -0.760. The lowest BCUT2D eigenvalue weighted by Crippen LogP contribution is -1.96. The summed E-state index contributed by atoms with van der Waals surface area (Å²) < 4.78 is 18.2. The van der Waals surface area contributed by atoms with Gasteiger partial charge in [0.15, 0.2) is 11.6 Å². The summed E-state index contributed by atoms with van der Waals surface area (Å²) in [6.45, 7) is 4.03. The third kappa shape index (κ3) is 1.89. The Labute approximate surface area is 76.1 Å². The molecule has 1 rings (SSSR count). The first kappa shape index (κ1) is 9.33. The summed E-state index contributed by atoms with van der Waals surface area (Å²) in [5.41, 5.74) is 0.724. The summed E-state index contributed by atoms with van der Waals surface area (Å²) >= 11 is 5.63. The first-order valence-corrected chi connectivity index (χ1v) is 4.11. The van der Waals surface area contributed by atoms with Crippen molar-refractivity contribution in [3.63, 3.8) is 0 Å². The normalized spacial score (nSPS) is 10.0. The molecule has 12 heavy (non-hydrogen) atoms. The van der Waals surface area contributed by atoms with E-state index in [1.807, 2.05) is 6.92 Å². The molecule has 0 N–H and O–H groups in total. The highest BCUT2D eigenvalue weighted by Crippen LogP contribution is 2.25. The molecule has 0 saturated heterocycles. The number of rotatable bonds is 2. The van der Waals surface area contributed by atoms with Crippen molar-refractivity contribution < 1.29 is 9.13 Å². The van der Waals surface area contributed by atoms with Crippen molar-refractivity contribution in [1.29, 1.82) is 0 Å². The summed E-state index contributed by atoms with van der Waals surface area (Å²) in [6, 6.07) is 2.93. The fourth-order valence-corrected chi connectivity index (χ4v) is 1.28. The molecule has 0 aliphatic rings. The second kappa shape index (κ2) is 3.76. The lowest BCUT2D eigenvalue weighted by molar-refractivity contribution is 0.319. The lowest BCUT2D eigenvalue weighted by Gasteiger charge is -2.07. The molecular formula is C9H10ClFO. The zero-order valence-electron chi connectivity index (χ0n) is 7.03. The zero-order valence-corrected chi connectivity index (χ0v) is 7.78. The molecule has 66 valence electrons. The average Bonchev–Trinajstić information content (AvgIpc) is 1.96. The van der Waals surface area contributed by atoms with Crippen LogP contribution in [0.4, 0.5) is 4.39 Å². The Morgan fingerprint density at radius 1 is 1.50 bits per heavy atom. The van der Waals surface area contributed by atoms with E-state index in [1.54, 1.807) is 13.0 Å². The van der Waals surface area contributed by atoms with Gasteiger partial charge in [0, 0.05) is 5.02 Å². The van der Waals surface area contributed by atoms with Crippen LogP contribution in [0.5, 0.6) is 5.75 Å². The van der Waals surface area contributed by atoms with E-state index in [1.165, 1.54) is 6.07 Å². The summed E-state index contributed by atoms with van der Waals surface area (Å²) in [6.07, 6.45) is 0. The first-order chi connectivity index (χ1) is 5.65. The molecule has 1 nitrogen and oxygen atoms in total. The number of ether oxygens (including phenoxy) is 1.